The summed E-state index contributed by atoms with van der Waals surface area (Å²) in [6.07, 6.45) is 5.44. The predicted molar refractivity (Wildman–Crippen MR) is 79.9 cm³/mol. The molecule has 0 amide bonds. The highest BCUT2D eigenvalue weighted by Crippen LogP contribution is 2.20. The quantitative estimate of drug-likeness (QED) is 0.779. The minimum atomic E-state index is 0.423. The number of ether oxygens (including phenoxy) is 2. The zero-order chi connectivity index (χ0) is 14.7. The first-order valence-electron chi connectivity index (χ1n) is 6.57. The van der Waals surface area contributed by atoms with Crippen LogP contribution < -0.4 is 14.8 Å². The van der Waals surface area contributed by atoms with Crippen LogP contribution in [0.5, 0.6) is 11.6 Å². The van der Waals surface area contributed by atoms with E-state index >= 15 is 0 Å². The molecule has 0 spiro atoms. The lowest BCUT2D eigenvalue weighted by Crippen LogP contribution is -2.03. The van der Waals surface area contributed by atoms with Gasteiger partial charge < -0.3 is 14.8 Å². The molecule has 6 heteroatoms. The topological polar surface area (TPSA) is 60.7 Å². The van der Waals surface area contributed by atoms with Gasteiger partial charge in [-0.3, -0.25) is 4.40 Å². The Hall–Kier alpha value is -2.76. The van der Waals surface area contributed by atoms with Crippen LogP contribution in [-0.4, -0.2) is 28.5 Å². The Morgan fingerprint density at radius 3 is 2.76 bits per heavy atom. The smallest absolute Gasteiger partial charge is 0.260 e. The molecule has 0 saturated heterocycles. The van der Waals surface area contributed by atoms with Gasteiger partial charge in [0.1, 0.15) is 18.2 Å². The molecule has 0 aliphatic carbocycles. The largest absolute Gasteiger partial charge is 0.497 e. The highest BCUT2D eigenvalue weighted by Gasteiger charge is 2.08. The number of nitrogens with zero attached hydrogens (tertiary/aromatic N) is 3. The fourth-order valence-electron chi connectivity index (χ4n) is 1.99. The Kier molecular flexibility index (Phi) is 3.59. The lowest BCUT2D eigenvalue weighted by molar-refractivity contribution is 0.296. The van der Waals surface area contributed by atoms with Crippen molar-refractivity contribution in [1.82, 2.24) is 14.4 Å². The maximum Gasteiger partial charge on any atom is 0.260 e. The first-order valence-corrected chi connectivity index (χ1v) is 6.57. The normalized spacial score (nSPS) is 10.6. The maximum atomic E-state index is 5.80. The van der Waals surface area contributed by atoms with Crippen molar-refractivity contribution >= 4 is 11.5 Å². The number of hydrogen-bond donors (Lipinski definition) is 1. The average Bonchev–Trinajstić information content (AvgIpc) is 3.01. The molecule has 0 radical (unpaired) electrons. The van der Waals surface area contributed by atoms with Crippen LogP contribution in [0.3, 0.4) is 0 Å². The zero-order valence-corrected chi connectivity index (χ0v) is 11.9. The molecule has 0 atom stereocenters. The predicted octanol–water partition coefficient (Wildman–Crippen LogP) is 2.36. The molecule has 0 saturated carbocycles. The number of benzene rings is 1. The van der Waals surface area contributed by atoms with E-state index in [4.69, 9.17) is 9.47 Å². The number of methoxy groups -OCH3 is 1. The zero-order valence-electron chi connectivity index (χ0n) is 11.9. The lowest BCUT2D eigenvalue weighted by Gasteiger charge is -2.09. The van der Waals surface area contributed by atoms with Gasteiger partial charge in [-0.25, -0.2) is 4.98 Å². The van der Waals surface area contributed by atoms with Crippen molar-refractivity contribution in [2.24, 2.45) is 0 Å². The second kappa shape index (κ2) is 5.70. The Morgan fingerprint density at radius 2 is 2.05 bits per heavy atom. The van der Waals surface area contributed by atoms with Crippen molar-refractivity contribution in [2.45, 2.75) is 6.61 Å². The van der Waals surface area contributed by atoms with Crippen molar-refractivity contribution in [3.63, 3.8) is 0 Å². The van der Waals surface area contributed by atoms with Gasteiger partial charge in [-0.15, -0.1) is 0 Å². The highest BCUT2D eigenvalue weighted by atomic mass is 16.5. The molecule has 0 aliphatic rings. The monoisotopic (exact) mass is 284 g/mol. The summed E-state index contributed by atoms with van der Waals surface area (Å²) in [7, 11) is 3.46. The summed E-state index contributed by atoms with van der Waals surface area (Å²) >= 11 is 0. The number of hydrogen-bond acceptors (Lipinski definition) is 5. The van der Waals surface area contributed by atoms with Gasteiger partial charge in [0.05, 0.1) is 13.3 Å². The molecule has 21 heavy (non-hydrogen) atoms. The molecule has 2 aromatic heterocycles. The van der Waals surface area contributed by atoms with E-state index in [9.17, 15) is 0 Å². The van der Waals surface area contributed by atoms with Gasteiger partial charge in [-0.2, -0.15) is 4.98 Å². The molecule has 0 unspecified atom stereocenters. The fraction of sp³-hybridized carbons (Fsp3) is 0.200. The van der Waals surface area contributed by atoms with Gasteiger partial charge in [0, 0.05) is 19.4 Å². The van der Waals surface area contributed by atoms with Crippen LogP contribution in [-0.2, 0) is 6.61 Å². The number of anilines is 1. The van der Waals surface area contributed by atoms with Crippen LogP contribution in [0.15, 0.2) is 42.9 Å². The van der Waals surface area contributed by atoms with Crippen molar-refractivity contribution in [1.29, 1.82) is 0 Å². The summed E-state index contributed by atoms with van der Waals surface area (Å²) in [6.45, 7) is 0.423. The summed E-state index contributed by atoms with van der Waals surface area (Å²) < 4.78 is 12.8. The minimum absolute atomic E-state index is 0.423. The number of rotatable bonds is 5. The van der Waals surface area contributed by atoms with Crippen LogP contribution in [0.4, 0.5) is 5.82 Å². The number of aromatic nitrogens is 3. The second-order valence-electron chi connectivity index (χ2n) is 4.48. The SMILES string of the molecule is CNc1cn2ccnc2c(OCc2ccc(OC)cc2)n1. The van der Waals surface area contributed by atoms with Crippen molar-refractivity contribution in [3.8, 4) is 11.6 Å². The Balaban J connectivity index is 1.81. The molecule has 0 aliphatic heterocycles. The minimum Gasteiger partial charge on any atom is -0.497 e. The molecule has 1 N–H and O–H groups in total. The summed E-state index contributed by atoms with van der Waals surface area (Å²) in [5, 5.41) is 3.01. The lowest BCUT2D eigenvalue weighted by atomic mass is 10.2. The molecule has 3 aromatic rings. The molecule has 0 bridgehead atoms. The average molecular weight is 284 g/mol. The van der Waals surface area contributed by atoms with E-state index in [-0.39, 0.29) is 0 Å². The van der Waals surface area contributed by atoms with Crippen molar-refractivity contribution in [2.75, 3.05) is 19.5 Å². The molecule has 2 heterocycles. The third kappa shape index (κ3) is 2.74. The van der Waals surface area contributed by atoms with Gasteiger partial charge in [-0.05, 0) is 17.7 Å². The van der Waals surface area contributed by atoms with Gasteiger partial charge in [0.25, 0.3) is 5.88 Å². The van der Waals surface area contributed by atoms with Crippen LogP contribution in [0.1, 0.15) is 5.56 Å². The standard InChI is InChI=1S/C15H16N4O2/c1-16-13-9-19-8-7-17-14(19)15(18-13)21-10-11-3-5-12(20-2)6-4-11/h3-9,16H,10H2,1-2H3. The van der Waals surface area contributed by atoms with E-state index in [1.165, 1.54) is 0 Å². The molecule has 0 fully saturated rings. The Labute approximate surface area is 122 Å². The van der Waals surface area contributed by atoms with Crippen LogP contribution in [0.2, 0.25) is 0 Å². The second-order valence-corrected chi connectivity index (χ2v) is 4.48. The highest BCUT2D eigenvalue weighted by molar-refractivity contribution is 5.53. The van der Waals surface area contributed by atoms with Gasteiger partial charge in [-0.1, -0.05) is 12.1 Å². The van der Waals surface area contributed by atoms with Crippen molar-refractivity contribution in [3.05, 3.63) is 48.4 Å². The van der Waals surface area contributed by atoms with Crippen LogP contribution >= 0.6 is 0 Å². The number of fused-ring (bicyclic) bond motifs is 1. The van der Waals surface area contributed by atoms with Gasteiger partial charge >= 0.3 is 0 Å². The number of imidazole rings is 1. The third-order valence-corrected chi connectivity index (χ3v) is 3.13. The first kappa shape index (κ1) is 13.2. The molecular formula is C15H16N4O2. The van der Waals surface area contributed by atoms with E-state index in [1.807, 2.05) is 48.1 Å². The van der Waals surface area contributed by atoms with E-state index in [1.54, 1.807) is 13.3 Å². The van der Waals surface area contributed by atoms with Gasteiger partial charge in [0.15, 0.2) is 0 Å². The van der Waals surface area contributed by atoms with E-state index < -0.39 is 0 Å². The molecular weight excluding hydrogens is 268 g/mol. The molecule has 108 valence electrons. The van der Waals surface area contributed by atoms with E-state index in [0.29, 0.717) is 18.1 Å². The third-order valence-electron chi connectivity index (χ3n) is 3.13. The summed E-state index contributed by atoms with van der Waals surface area (Å²) in [4.78, 5) is 8.66. The van der Waals surface area contributed by atoms with Crippen LogP contribution in [0.25, 0.3) is 5.65 Å². The Morgan fingerprint density at radius 1 is 1.24 bits per heavy atom. The molecule has 6 nitrogen and oxygen atoms in total. The van der Waals surface area contributed by atoms with Gasteiger partial charge in [0.2, 0.25) is 5.65 Å². The summed E-state index contributed by atoms with van der Waals surface area (Å²) in [6, 6.07) is 7.73. The Bertz CT molecular complexity index is 737. The molecule has 3 rings (SSSR count). The fourth-order valence-corrected chi connectivity index (χ4v) is 1.99. The maximum absolute atomic E-state index is 5.80. The van der Waals surface area contributed by atoms with E-state index in [2.05, 4.69) is 15.3 Å². The van der Waals surface area contributed by atoms with Crippen LogP contribution in [0, 0.1) is 0 Å². The summed E-state index contributed by atoms with van der Waals surface area (Å²) in [5.74, 6) is 2.05. The number of nitrogens with one attached hydrogen (secondary N) is 1. The first-order chi connectivity index (χ1) is 10.3. The van der Waals surface area contributed by atoms with E-state index in [0.717, 1.165) is 17.1 Å². The van der Waals surface area contributed by atoms with Crippen molar-refractivity contribution < 1.29 is 9.47 Å². The molecule has 1 aromatic carbocycles. The summed E-state index contributed by atoms with van der Waals surface area (Å²) in [5.41, 5.74) is 1.74.